The Kier molecular flexibility index (Phi) is 17.3. The van der Waals surface area contributed by atoms with Crippen molar-refractivity contribution in [1.82, 2.24) is 0 Å². The summed E-state index contributed by atoms with van der Waals surface area (Å²) in [6.07, 6.45) is 11.5. The SMILES string of the molecule is CCCCCCCCCC.[Ta]. The van der Waals surface area contributed by atoms with Crippen LogP contribution < -0.4 is 0 Å². The van der Waals surface area contributed by atoms with Crippen molar-refractivity contribution >= 4 is 0 Å². The van der Waals surface area contributed by atoms with Crippen LogP contribution in [0.1, 0.15) is 65.2 Å². The van der Waals surface area contributed by atoms with Crippen molar-refractivity contribution in [2.75, 3.05) is 0 Å². The quantitative estimate of drug-likeness (QED) is 0.618. The number of hydrogen-bond acceptors (Lipinski definition) is 0. The van der Waals surface area contributed by atoms with Gasteiger partial charge in [0.15, 0.2) is 0 Å². The predicted molar refractivity (Wildman–Crippen MR) is 48.3 cm³/mol. The van der Waals surface area contributed by atoms with E-state index in [4.69, 9.17) is 0 Å². The molecule has 0 bridgehead atoms. The van der Waals surface area contributed by atoms with Crippen LogP contribution in [-0.2, 0) is 22.4 Å². The molecule has 0 nitrogen and oxygen atoms in total. The van der Waals surface area contributed by atoms with E-state index in [2.05, 4.69) is 13.8 Å². The molecule has 0 atom stereocenters. The van der Waals surface area contributed by atoms with Crippen molar-refractivity contribution in [3.05, 3.63) is 0 Å². The smallest absolute Gasteiger partial charge is 0 e. The molecule has 0 fully saturated rings. The first-order valence-corrected chi connectivity index (χ1v) is 4.91. The monoisotopic (exact) mass is 323 g/mol. The van der Waals surface area contributed by atoms with Gasteiger partial charge in [0.2, 0.25) is 0 Å². The van der Waals surface area contributed by atoms with Crippen LogP contribution in [0.15, 0.2) is 0 Å². The Labute approximate surface area is 87.7 Å². The molecular formula is C10H22Ta. The molecule has 0 aliphatic carbocycles. The fourth-order valence-corrected chi connectivity index (χ4v) is 1.21. The third-order valence-corrected chi connectivity index (χ3v) is 1.96. The molecule has 11 heavy (non-hydrogen) atoms. The van der Waals surface area contributed by atoms with Gasteiger partial charge in [0, 0.05) is 22.4 Å². The fourth-order valence-electron chi connectivity index (χ4n) is 1.21. The fraction of sp³-hybridized carbons (Fsp3) is 1.00. The minimum absolute atomic E-state index is 0. The number of unbranched alkanes of at least 4 members (excludes halogenated alkanes) is 7. The molecule has 0 aliphatic heterocycles. The van der Waals surface area contributed by atoms with Gasteiger partial charge in [0.05, 0.1) is 0 Å². The Morgan fingerprint density at radius 1 is 0.545 bits per heavy atom. The van der Waals surface area contributed by atoms with Crippen LogP contribution >= 0.6 is 0 Å². The summed E-state index contributed by atoms with van der Waals surface area (Å²) < 4.78 is 0. The minimum Gasteiger partial charge on any atom is -0.0654 e. The predicted octanol–water partition coefficient (Wildman–Crippen LogP) is 4.14. The standard InChI is InChI=1S/C10H22.Ta/c1-3-5-7-9-10-8-6-4-2;/h3-10H2,1-2H3;. The zero-order chi connectivity index (χ0) is 7.66. The van der Waals surface area contributed by atoms with Crippen LogP contribution in [0.3, 0.4) is 0 Å². The molecule has 0 unspecified atom stereocenters. The molecule has 67 valence electrons. The van der Waals surface area contributed by atoms with Crippen LogP contribution in [0.5, 0.6) is 0 Å². The van der Waals surface area contributed by atoms with E-state index in [0.29, 0.717) is 0 Å². The Bertz CT molecular complexity index is 44.8. The van der Waals surface area contributed by atoms with Gasteiger partial charge in [-0.25, -0.2) is 0 Å². The van der Waals surface area contributed by atoms with E-state index in [-0.39, 0.29) is 22.4 Å². The first-order chi connectivity index (χ1) is 4.91. The van der Waals surface area contributed by atoms with Crippen molar-refractivity contribution < 1.29 is 22.4 Å². The topological polar surface area (TPSA) is 0 Å². The van der Waals surface area contributed by atoms with Crippen LogP contribution in [0.25, 0.3) is 0 Å². The van der Waals surface area contributed by atoms with Crippen molar-refractivity contribution in [1.29, 1.82) is 0 Å². The van der Waals surface area contributed by atoms with E-state index in [1.807, 2.05) is 0 Å². The van der Waals surface area contributed by atoms with Gasteiger partial charge in [-0.05, 0) is 0 Å². The first-order valence-electron chi connectivity index (χ1n) is 4.91. The minimum atomic E-state index is 0. The van der Waals surface area contributed by atoms with E-state index in [0.717, 1.165) is 0 Å². The second kappa shape index (κ2) is 13.3. The van der Waals surface area contributed by atoms with Crippen LogP contribution in [-0.4, -0.2) is 0 Å². The Balaban J connectivity index is 0. The molecule has 0 saturated heterocycles. The van der Waals surface area contributed by atoms with Gasteiger partial charge in [0.25, 0.3) is 0 Å². The van der Waals surface area contributed by atoms with Crippen molar-refractivity contribution in [2.45, 2.75) is 65.2 Å². The maximum absolute atomic E-state index is 2.27. The van der Waals surface area contributed by atoms with E-state index in [1.165, 1.54) is 51.4 Å². The molecule has 0 spiro atoms. The average Bonchev–Trinajstić information content (AvgIpc) is 1.97. The maximum atomic E-state index is 2.27. The van der Waals surface area contributed by atoms with Gasteiger partial charge in [-0.3, -0.25) is 0 Å². The zero-order valence-electron chi connectivity index (χ0n) is 8.10. The summed E-state index contributed by atoms with van der Waals surface area (Å²) in [6.45, 7) is 4.54. The molecule has 0 rings (SSSR count). The molecule has 0 aliphatic rings. The maximum Gasteiger partial charge on any atom is 0 e. The van der Waals surface area contributed by atoms with E-state index >= 15 is 0 Å². The average molecular weight is 323 g/mol. The molecule has 0 aromatic heterocycles. The number of hydrogen-bond donors (Lipinski definition) is 0. The molecule has 0 aromatic carbocycles. The summed E-state index contributed by atoms with van der Waals surface area (Å²) in [5.41, 5.74) is 0. The third-order valence-electron chi connectivity index (χ3n) is 1.96. The molecule has 0 aromatic rings. The summed E-state index contributed by atoms with van der Waals surface area (Å²) >= 11 is 0. The van der Waals surface area contributed by atoms with Gasteiger partial charge in [-0.15, -0.1) is 0 Å². The molecule has 0 N–H and O–H groups in total. The molecule has 0 saturated carbocycles. The van der Waals surface area contributed by atoms with Gasteiger partial charge in [-0.2, -0.15) is 0 Å². The molecule has 0 heterocycles. The van der Waals surface area contributed by atoms with Crippen molar-refractivity contribution in [3.8, 4) is 0 Å². The van der Waals surface area contributed by atoms with Crippen LogP contribution in [0, 0.1) is 0 Å². The number of rotatable bonds is 7. The van der Waals surface area contributed by atoms with Crippen LogP contribution in [0.4, 0.5) is 0 Å². The van der Waals surface area contributed by atoms with Crippen molar-refractivity contribution in [2.24, 2.45) is 0 Å². The Morgan fingerprint density at radius 2 is 0.818 bits per heavy atom. The summed E-state index contributed by atoms with van der Waals surface area (Å²) in [5, 5.41) is 0. The molecular weight excluding hydrogens is 301 g/mol. The first kappa shape index (κ1) is 14.3. The zero-order valence-corrected chi connectivity index (χ0v) is 11.3. The summed E-state index contributed by atoms with van der Waals surface area (Å²) in [7, 11) is 0. The van der Waals surface area contributed by atoms with Crippen molar-refractivity contribution in [3.63, 3.8) is 0 Å². The van der Waals surface area contributed by atoms with Gasteiger partial charge in [0.1, 0.15) is 0 Å². The second-order valence-electron chi connectivity index (χ2n) is 3.12. The van der Waals surface area contributed by atoms with Gasteiger partial charge in [-0.1, -0.05) is 65.2 Å². The summed E-state index contributed by atoms with van der Waals surface area (Å²) in [4.78, 5) is 0. The normalized spacial score (nSPS) is 9.27. The Hall–Kier alpha value is 0.740. The molecule has 1 heteroatoms. The van der Waals surface area contributed by atoms with Crippen LogP contribution in [0.2, 0.25) is 0 Å². The summed E-state index contributed by atoms with van der Waals surface area (Å²) in [5.74, 6) is 0. The molecule has 0 amide bonds. The van der Waals surface area contributed by atoms with E-state index in [9.17, 15) is 0 Å². The third kappa shape index (κ3) is 13.7. The van der Waals surface area contributed by atoms with Gasteiger partial charge < -0.3 is 0 Å². The van der Waals surface area contributed by atoms with Gasteiger partial charge >= 0.3 is 0 Å². The Morgan fingerprint density at radius 3 is 1.09 bits per heavy atom. The van der Waals surface area contributed by atoms with E-state index < -0.39 is 0 Å². The summed E-state index contributed by atoms with van der Waals surface area (Å²) in [6, 6.07) is 0. The second-order valence-corrected chi connectivity index (χ2v) is 3.12. The molecule has 1 radical (unpaired) electrons. The van der Waals surface area contributed by atoms with E-state index in [1.54, 1.807) is 0 Å². The largest absolute Gasteiger partial charge is 0.0654 e.